The highest BCUT2D eigenvalue weighted by molar-refractivity contribution is 7.15. The minimum atomic E-state index is 0.0723. The van der Waals surface area contributed by atoms with Crippen LogP contribution < -0.4 is 5.32 Å². The molecule has 1 N–H and O–H groups in total. The van der Waals surface area contributed by atoms with Crippen molar-refractivity contribution in [1.29, 1.82) is 0 Å². The zero-order chi connectivity index (χ0) is 17.2. The molecule has 1 saturated carbocycles. The minimum absolute atomic E-state index is 0.0723. The molecule has 1 aliphatic rings. The van der Waals surface area contributed by atoms with Crippen LogP contribution in [0, 0.1) is 12.8 Å². The smallest absolute Gasteiger partial charge is 0.225 e. The van der Waals surface area contributed by atoms with Gasteiger partial charge in [-0.1, -0.05) is 18.9 Å². The van der Waals surface area contributed by atoms with Gasteiger partial charge in [0.1, 0.15) is 5.82 Å². The highest BCUT2D eigenvalue weighted by Crippen LogP contribution is 2.30. The molecule has 1 amide bonds. The molecule has 0 bridgehead atoms. The van der Waals surface area contributed by atoms with Gasteiger partial charge in [-0.3, -0.25) is 4.79 Å². The molecule has 130 valence electrons. The third-order valence-electron chi connectivity index (χ3n) is 4.49. The summed E-state index contributed by atoms with van der Waals surface area (Å²) in [6.07, 6.45) is 5.44. The highest BCUT2D eigenvalue weighted by atomic mass is 32.1. The molecule has 0 spiro atoms. The van der Waals surface area contributed by atoms with Crippen molar-refractivity contribution in [3.05, 3.63) is 34.7 Å². The van der Waals surface area contributed by atoms with E-state index in [1.807, 2.05) is 29.8 Å². The monoisotopic (exact) mass is 372 g/mol. The zero-order valence-corrected chi connectivity index (χ0v) is 15.7. The number of rotatable bonds is 5. The number of amides is 1. The van der Waals surface area contributed by atoms with Crippen LogP contribution in [0.4, 0.5) is 5.82 Å². The van der Waals surface area contributed by atoms with Crippen LogP contribution in [0.25, 0.3) is 15.7 Å². The Kier molecular flexibility index (Phi) is 4.67. The molecule has 1 aliphatic carbocycles. The average molecular weight is 373 g/mol. The standard InChI is InChI=1S/C18H20N4OS2/c1-12-9-16(20-17(23)10-13-5-2-3-6-13)22(21-12)18-19-14(11-25-18)15-7-4-8-24-15/h4,7-9,11,13H,2-3,5-6,10H2,1H3,(H,20,23). The van der Waals surface area contributed by atoms with E-state index in [-0.39, 0.29) is 5.91 Å². The van der Waals surface area contributed by atoms with Gasteiger partial charge in [0.15, 0.2) is 0 Å². The third kappa shape index (κ3) is 3.67. The van der Waals surface area contributed by atoms with Crippen LogP contribution >= 0.6 is 22.7 Å². The Bertz CT molecular complexity index is 860. The summed E-state index contributed by atoms with van der Waals surface area (Å²) in [4.78, 5) is 18.2. The van der Waals surface area contributed by atoms with Crippen LogP contribution in [0.15, 0.2) is 29.0 Å². The fraction of sp³-hybridized carbons (Fsp3) is 0.389. The number of carbonyl (C=O) groups is 1. The number of carbonyl (C=O) groups excluding carboxylic acids is 1. The summed E-state index contributed by atoms with van der Waals surface area (Å²) >= 11 is 3.20. The van der Waals surface area contributed by atoms with Crippen molar-refractivity contribution in [3.8, 4) is 15.7 Å². The van der Waals surface area contributed by atoms with Gasteiger partial charge in [-0.15, -0.1) is 22.7 Å². The first-order valence-corrected chi connectivity index (χ1v) is 10.3. The second-order valence-corrected chi connectivity index (χ2v) is 8.26. The van der Waals surface area contributed by atoms with Gasteiger partial charge in [-0.05, 0) is 37.1 Å². The number of thiophene rings is 1. The van der Waals surface area contributed by atoms with E-state index in [4.69, 9.17) is 0 Å². The van der Waals surface area contributed by atoms with Crippen molar-refractivity contribution in [2.75, 3.05) is 5.32 Å². The predicted molar refractivity (Wildman–Crippen MR) is 102 cm³/mol. The topological polar surface area (TPSA) is 59.8 Å². The molecule has 1 fully saturated rings. The van der Waals surface area contributed by atoms with Gasteiger partial charge in [0.2, 0.25) is 11.0 Å². The van der Waals surface area contributed by atoms with Crippen molar-refractivity contribution >= 4 is 34.4 Å². The summed E-state index contributed by atoms with van der Waals surface area (Å²) in [5.74, 6) is 1.30. The molecule has 4 rings (SSSR count). The zero-order valence-electron chi connectivity index (χ0n) is 14.1. The van der Waals surface area contributed by atoms with Gasteiger partial charge in [-0.25, -0.2) is 4.98 Å². The summed E-state index contributed by atoms with van der Waals surface area (Å²) in [6, 6.07) is 5.98. The molecule has 0 unspecified atom stereocenters. The van der Waals surface area contributed by atoms with Crippen molar-refractivity contribution in [1.82, 2.24) is 14.8 Å². The van der Waals surface area contributed by atoms with Crippen LogP contribution in [-0.2, 0) is 4.79 Å². The Balaban J connectivity index is 1.53. The van der Waals surface area contributed by atoms with E-state index >= 15 is 0 Å². The number of thiazole rings is 1. The van der Waals surface area contributed by atoms with E-state index in [2.05, 4.69) is 21.5 Å². The maximum atomic E-state index is 12.4. The number of anilines is 1. The lowest BCUT2D eigenvalue weighted by molar-refractivity contribution is -0.117. The van der Waals surface area contributed by atoms with Gasteiger partial charge in [0.25, 0.3) is 0 Å². The fourth-order valence-corrected chi connectivity index (χ4v) is 4.85. The van der Waals surface area contributed by atoms with Crippen molar-refractivity contribution < 1.29 is 4.79 Å². The molecule has 0 aromatic carbocycles. The summed E-state index contributed by atoms with van der Waals surface area (Å²) in [6.45, 7) is 1.93. The van der Waals surface area contributed by atoms with Gasteiger partial charge in [0, 0.05) is 17.9 Å². The summed E-state index contributed by atoms with van der Waals surface area (Å²) in [7, 11) is 0. The second kappa shape index (κ2) is 7.09. The van der Waals surface area contributed by atoms with Gasteiger partial charge < -0.3 is 5.32 Å². The number of hydrogen-bond donors (Lipinski definition) is 1. The lowest BCUT2D eigenvalue weighted by atomic mass is 10.0. The highest BCUT2D eigenvalue weighted by Gasteiger charge is 2.20. The number of aryl methyl sites for hydroxylation is 1. The molecule has 3 aromatic rings. The van der Waals surface area contributed by atoms with E-state index in [1.54, 1.807) is 16.0 Å². The fourth-order valence-electron chi connectivity index (χ4n) is 3.30. The Labute approximate surface area is 154 Å². The lowest BCUT2D eigenvalue weighted by Gasteiger charge is -2.10. The summed E-state index contributed by atoms with van der Waals surface area (Å²) in [5.41, 5.74) is 1.82. The minimum Gasteiger partial charge on any atom is -0.310 e. The normalized spacial score (nSPS) is 14.9. The SMILES string of the molecule is Cc1cc(NC(=O)CC2CCCC2)n(-c2nc(-c3cccs3)cs2)n1. The molecule has 3 heterocycles. The Morgan fingerprint density at radius 3 is 2.96 bits per heavy atom. The first-order valence-electron chi connectivity index (χ1n) is 8.55. The van der Waals surface area contributed by atoms with Crippen LogP contribution in [0.3, 0.4) is 0 Å². The van der Waals surface area contributed by atoms with Crippen LogP contribution in [0.5, 0.6) is 0 Å². The Morgan fingerprint density at radius 1 is 1.36 bits per heavy atom. The number of aromatic nitrogens is 3. The molecular weight excluding hydrogens is 352 g/mol. The predicted octanol–water partition coefficient (Wildman–Crippen LogP) is 4.88. The van der Waals surface area contributed by atoms with Gasteiger partial charge in [-0.2, -0.15) is 9.78 Å². The largest absolute Gasteiger partial charge is 0.310 e. The van der Waals surface area contributed by atoms with E-state index < -0.39 is 0 Å². The van der Waals surface area contributed by atoms with E-state index in [0.29, 0.717) is 18.2 Å². The molecule has 0 saturated heterocycles. The molecule has 3 aromatic heterocycles. The van der Waals surface area contributed by atoms with Crippen LogP contribution in [0.1, 0.15) is 37.8 Å². The Hall–Kier alpha value is -1.99. The van der Waals surface area contributed by atoms with Crippen LogP contribution in [-0.4, -0.2) is 20.7 Å². The maximum Gasteiger partial charge on any atom is 0.225 e. The summed E-state index contributed by atoms with van der Waals surface area (Å²) < 4.78 is 1.74. The molecule has 5 nitrogen and oxygen atoms in total. The van der Waals surface area contributed by atoms with E-state index in [0.717, 1.165) is 21.4 Å². The first kappa shape index (κ1) is 16.5. The number of nitrogens with zero attached hydrogens (tertiary/aromatic N) is 3. The molecular formula is C18H20N4OS2. The van der Waals surface area contributed by atoms with Crippen molar-refractivity contribution in [2.24, 2.45) is 5.92 Å². The summed E-state index contributed by atoms with van der Waals surface area (Å²) in [5, 5.41) is 12.4. The van der Waals surface area contributed by atoms with Crippen molar-refractivity contribution in [2.45, 2.75) is 39.0 Å². The third-order valence-corrected chi connectivity index (χ3v) is 6.20. The second-order valence-electron chi connectivity index (χ2n) is 6.48. The van der Waals surface area contributed by atoms with Crippen molar-refractivity contribution in [3.63, 3.8) is 0 Å². The van der Waals surface area contributed by atoms with E-state index in [1.165, 1.54) is 37.0 Å². The molecule has 7 heteroatoms. The van der Waals surface area contributed by atoms with Crippen LogP contribution in [0.2, 0.25) is 0 Å². The quantitative estimate of drug-likeness (QED) is 0.694. The Morgan fingerprint density at radius 2 is 2.20 bits per heavy atom. The van der Waals surface area contributed by atoms with E-state index in [9.17, 15) is 4.79 Å². The number of nitrogens with one attached hydrogen (secondary N) is 1. The number of hydrogen-bond acceptors (Lipinski definition) is 5. The van der Waals surface area contributed by atoms with Gasteiger partial charge in [0.05, 0.1) is 16.3 Å². The first-order chi connectivity index (χ1) is 12.2. The molecule has 0 aliphatic heterocycles. The lowest BCUT2D eigenvalue weighted by Crippen LogP contribution is -2.17. The molecule has 25 heavy (non-hydrogen) atoms. The average Bonchev–Trinajstić information content (AvgIpc) is 3.35. The molecule has 0 atom stereocenters. The molecule has 0 radical (unpaired) electrons. The van der Waals surface area contributed by atoms with Gasteiger partial charge >= 0.3 is 0 Å². The maximum absolute atomic E-state index is 12.4.